The zero-order chi connectivity index (χ0) is 17.3. The fraction of sp³-hybridized carbons (Fsp3) is 0.263. The van der Waals surface area contributed by atoms with Crippen LogP contribution in [-0.4, -0.2) is 18.8 Å². The quantitative estimate of drug-likeness (QED) is 0.864. The standard InChI is InChI=1S/C19H18FNO3/c1-12-3-4-13(9-16(12)20)11-21-17-6-5-14(24-2)10-15(17)18(22)7-8-19(21)23/h3-6,9-10H,7-8,11H2,1-2H3. The molecule has 0 atom stereocenters. The van der Waals surface area contributed by atoms with Crippen LogP contribution >= 0.6 is 0 Å². The summed E-state index contributed by atoms with van der Waals surface area (Å²) in [6.45, 7) is 1.92. The average Bonchev–Trinajstić information content (AvgIpc) is 2.70. The van der Waals surface area contributed by atoms with Gasteiger partial charge in [0.05, 0.1) is 19.3 Å². The van der Waals surface area contributed by atoms with E-state index in [4.69, 9.17) is 4.74 Å². The van der Waals surface area contributed by atoms with E-state index in [0.717, 1.165) is 0 Å². The van der Waals surface area contributed by atoms with Crippen LogP contribution in [0, 0.1) is 12.7 Å². The van der Waals surface area contributed by atoms with Crippen molar-refractivity contribution in [1.29, 1.82) is 0 Å². The minimum absolute atomic E-state index is 0.0881. The summed E-state index contributed by atoms with van der Waals surface area (Å²) in [5.41, 5.74) is 2.25. The van der Waals surface area contributed by atoms with E-state index in [1.807, 2.05) is 0 Å². The molecule has 5 heteroatoms. The lowest BCUT2D eigenvalue weighted by atomic mass is 10.1. The third-order valence-electron chi connectivity index (χ3n) is 4.24. The van der Waals surface area contributed by atoms with Crippen LogP contribution < -0.4 is 9.64 Å². The van der Waals surface area contributed by atoms with Gasteiger partial charge in [0, 0.05) is 18.4 Å². The summed E-state index contributed by atoms with van der Waals surface area (Å²) < 4.78 is 19.0. The monoisotopic (exact) mass is 327 g/mol. The first-order chi connectivity index (χ1) is 11.5. The lowest BCUT2D eigenvalue weighted by Gasteiger charge is -2.23. The van der Waals surface area contributed by atoms with E-state index in [2.05, 4.69) is 0 Å². The number of rotatable bonds is 3. The number of fused-ring (bicyclic) bond motifs is 1. The third kappa shape index (κ3) is 3.02. The summed E-state index contributed by atoms with van der Waals surface area (Å²) in [6, 6.07) is 9.99. The minimum Gasteiger partial charge on any atom is -0.497 e. The topological polar surface area (TPSA) is 46.6 Å². The Bertz CT molecular complexity index is 816. The van der Waals surface area contributed by atoms with Crippen LogP contribution in [0.1, 0.15) is 34.3 Å². The number of carbonyl (C=O) groups is 2. The molecular formula is C19H18FNO3. The van der Waals surface area contributed by atoms with Crippen molar-refractivity contribution >= 4 is 17.4 Å². The summed E-state index contributed by atoms with van der Waals surface area (Å²) in [7, 11) is 1.53. The summed E-state index contributed by atoms with van der Waals surface area (Å²) >= 11 is 0. The normalized spacial score (nSPS) is 14.4. The molecule has 0 bridgehead atoms. The number of ketones is 1. The number of Topliss-reactive ketones (excluding diaryl/α,β-unsaturated/α-hetero) is 1. The summed E-state index contributed by atoms with van der Waals surface area (Å²) in [4.78, 5) is 26.3. The van der Waals surface area contributed by atoms with Crippen LogP contribution in [-0.2, 0) is 11.3 Å². The van der Waals surface area contributed by atoms with Crippen molar-refractivity contribution < 1.29 is 18.7 Å². The first kappa shape index (κ1) is 16.2. The summed E-state index contributed by atoms with van der Waals surface area (Å²) in [5.74, 6) is 0.0293. The predicted octanol–water partition coefficient (Wildman–Crippen LogP) is 3.65. The maximum atomic E-state index is 13.8. The Hall–Kier alpha value is -2.69. The number of ether oxygens (including phenoxy) is 1. The number of benzene rings is 2. The number of aryl methyl sites for hydroxylation is 1. The largest absolute Gasteiger partial charge is 0.497 e. The molecular weight excluding hydrogens is 309 g/mol. The highest BCUT2D eigenvalue weighted by molar-refractivity contribution is 6.10. The molecule has 2 aromatic rings. The van der Waals surface area contributed by atoms with E-state index < -0.39 is 0 Å². The van der Waals surface area contributed by atoms with Gasteiger partial charge in [-0.3, -0.25) is 9.59 Å². The Labute approximate surface area is 139 Å². The first-order valence-electron chi connectivity index (χ1n) is 7.76. The lowest BCUT2D eigenvalue weighted by Crippen LogP contribution is -2.29. The van der Waals surface area contributed by atoms with Gasteiger partial charge in [-0.2, -0.15) is 0 Å². The van der Waals surface area contributed by atoms with Gasteiger partial charge in [-0.25, -0.2) is 4.39 Å². The molecule has 0 aromatic heterocycles. The number of amides is 1. The van der Waals surface area contributed by atoms with Crippen LogP contribution in [0.15, 0.2) is 36.4 Å². The molecule has 2 aromatic carbocycles. The van der Waals surface area contributed by atoms with Gasteiger partial charge in [0.25, 0.3) is 0 Å². The van der Waals surface area contributed by atoms with Gasteiger partial charge in [0.15, 0.2) is 5.78 Å². The molecule has 1 aliphatic rings. The predicted molar refractivity (Wildman–Crippen MR) is 88.9 cm³/mol. The van der Waals surface area contributed by atoms with Crippen LogP contribution in [0.3, 0.4) is 0 Å². The van der Waals surface area contributed by atoms with E-state index in [9.17, 15) is 14.0 Å². The van der Waals surface area contributed by atoms with Crippen molar-refractivity contribution in [1.82, 2.24) is 0 Å². The zero-order valence-electron chi connectivity index (χ0n) is 13.6. The van der Waals surface area contributed by atoms with Crippen LogP contribution in [0.4, 0.5) is 10.1 Å². The molecule has 3 rings (SSSR count). The van der Waals surface area contributed by atoms with E-state index in [-0.39, 0.29) is 36.9 Å². The number of anilines is 1. The molecule has 0 fully saturated rings. The van der Waals surface area contributed by atoms with E-state index in [1.165, 1.54) is 13.2 Å². The Morgan fingerprint density at radius 1 is 1.12 bits per heavy atom. The van der Waals surface area contributed by atoms with Gasteiger partial charge < -0.3 is 9.64 Å². The summed E-state index contributed by atoms with van der Waals surface area (Å²) in [5, 5.41) is 0. The second-order valence-corrected chi connectivity index (χ2v) is 5.87. The number of hydrogen-bond acceptors (Lipinski definition) is 3. The Kier molecular flexibility index (Phi) is 4.34. The number of halogens is 1. The molecule has 0 spiro atoms. The molecule has 4 nitrogen and oxygen atoms in total. The van der Waals surface area contributed by atoms with Crippen LogP contribution in [0.2, 0.25) is 0 Å². The molecule has 1 amide bonds. The Morgan fingerprint density at radius 3 is 2.62 bits per heavy atom. The minimum atomic E-state index is -0.305. The number of carbonyl (C=O) groups excluding carboxylic acids is 2. The van der Waals surface area contributed by atoms with E-state index >= 15 is 0 Å². The highest BCUT2D eigenvalue weighted by Gasteiger charge is 2.27. The molecule has 0 N–H and O–H groups in total. The molecule has 0 unspecified atom stereocenters. The van der Waals surface area contributed by atoms with Gasteiger partial charge in [0.2, 0.25) is 5.91 Å². The number of methoxy groups -OCH3 is 1. The van der Waals surface area contributed by atoms with Gasteiger partial charge in [-0.05, 0) is 42.3 Å². The third-order valence-corrected chi connectivity index (χ3v) is 4.24. The highest BCUT2D eigenvalue weighted by Crippen LogP contribution is 2.31. The van der Waals surface area contributed by atoms with E-state index in [1.54, 1.807) is 42.2 Å². The second kappa shape index (κ2) is 6.43. The van der Waals surface area contributed by atoms with Crippen LogP contribution in [0.5, 0.6) is 5.75 Å². The molecule has 124 valence electrons. The molecule has 1 aliphatic heterocycles. The maximum Gasteiger partial charge on any atom is 0.227 e. The smallest absolute Gasteiger partial charge is 0.227 e. The van der Waals surface area contributed by atoms with Gasteiger partial charge in [0.1, 0.15) is 11.6 Å². The molecule has 0 saturated carbocycles. The Balaban J connectivity index is 2.02. The highest BCUT2D eigenvalue weighted by atomic mass is 19.1. The molecule has 24 heavy (non-hydrogen) atoms. The van der Waals surface area contributed by atoms with Crippen molar-refractivity contribution in [3.8, 4) is 5.75 Å². The SMILES string of the molecule is COc1ccc2c(c1)C(=O)CCC(=O)N2Cc1ccc(C)c(F)c1. The number of hydrogen-bond donors (Lipinski definition) is 0. The first-order valence-corrected chi connectivity index (χ1v) is 7.76. The maximum absolute atomic E-state index is 13.8. The van der Waals surface area contributed by atoms with E-state index in [0.29, 0.717) is 28.1 Å². The number of nitrogens with zero attached hydrogens (tertiary/aromatic N) is 1. The van der Waals surface area contributed by atoms with Crippen molar-refractivity contribution in [3.63, 3.8) is 0 Å². The van der Waals surface area contributed by atoms with Gasteiger partial charge in [-0.15, -0.1) is 0 Å². The Morgan fingerprint density at radius 2 is 1.92 bits per heavy atom. The lowest BCUT2D eigenvalue weighted by molar-refractivity contribution is -0.118. The van der Waals surface area contributed by atoms with Crippen molar-refractivity contribution in [2.45, 2.75) is 26.3 Å². The van der Waals surface area contributed by atoms with Gasteiger partial charge in [-0.1, -0.05) is 12.1 Å². The molecule has 0 saturated heterocycles. The van der Waals surface area contributed by atoms with Crippen molar-refractivity contribution in [2.24, 2.45) is 0 Å². The average molecular weight is 327 g/mol. The zero-order valence-corrected chi connectivity index (χ0v) is 13.6. The molecule has 0 aliphatic carbocycles. The van der Waals surface area contributed by atoms with Crippen LogP contribution in [0.25, 0.3) is 0 Å². The molecule has 0 radical (unpaired) electrons. The van der Waals surface area contributed by atoms with Crippen molar-refractivity contribution in [3.05, 3.63) is 58.9 Å². The summed E-state index contributed by atoms with van der Waals surface area (Å²) in [6.07, 6.45) is 0.307. The van der Waals surface area contributed by atoms with Gasteiger partial charge >= 0.3 is 0 Å². The fourth-order valence-corrected chi connectivity index (χ4v) is 2.82. The fourth-order valence-electron chi connectivity index (χ4n) is 2.82. The second-order valence-electron chi connectivity index (χ2n) is 5.87. The molecule has 1 heterocycles. The van der Waals surface area contributed by atoms with Crippen molar-refractivity contribution in [2.75, 3.05) is 12.0 Å².